The van der Waals surface area contributed by atoms with E-state index >= 15 is 0 Å². The molecule has 0 saturated heterocycles. The summed E-state index contributed by atoms with van der Waals surface area (Å²) in [5.74, 6) is 0. The van der Waals surface area contributed by atoms with Gasteiger partial charge in [-0.1, -0.05) is 118 Å². The zero-order valence-electron chi connectivity index (χ0n) is 39.6. The van der Waals surface area contributed by atoms with Gasteiger partial charge in [-0.15, -0.1) is 11.3 Å². The molecule has 0 spiro atoms. The Labute approximate surface area is 390 Å². The molecular formula is C60H54BN2O2S. The fraction of sp³-hybridized carbons (Fsp3) is 0.267. The maximum atomic E-state index is 7.00. The quantitative estimate of drug-likeness (QED) is 0.180. The van der Waals surface area contributed by atoms with Gasteiger partial charge in [0.1, 0.15) is 22.3 Å². The van der Waals surface area contributed by atoms with Crippen LogP contribution in [0.2, 0.25) is 0 Å². The predicted molar refractivity (Wildman–Crippen MR) is 284 cm³/mol. The predicted octanol–water partition coefficient (Wildman–Crippen LogP) is 16.1. The molecule has 4 aromatic heterocycles. The molecule has 5 heterocycles. The Morgan fingerprint density at radius 3 is 1.97 bits per heavy atom. The van der Waals surface area contributed by atoms with Crippen molar-refractivity contribution in [1.82, 2.24) is 4.57 Å². The lowest BCUT2D eigenvalue weighted by molar-refractivity contribution is 0.332. The molecule has 0 unspecified atom stereocenters. The molecule has 1 aliphatic heterocycles. The van der Waals surface area contributed by atoms with E-state index in [0.717, 1.165) is 79.4 Å². The molecule has 66 heavy (non-hydrogen) atoms. The topological polar surface area (TPSA) is 43.2 Å². The van der Waals surface area contributed by atoms with Crippen LogP contribution >= 0.6 is 11.3 Å². The number of anilines is 2. The first kappa shape index (κ1) is 40.1. The molecule has 13 rings (SSSR count). The number of aromatic nitrogens is 1. The minimum Gasteiger partial charge on any atom is -0.456 e. The van der Waals surface area contributed by atoms with Gasteiger partial charge in [-0.25, -0.2) is 0 Å². The molecule has 0 saturated carbocycles. The Kier molecular flexibility index (Phi) is 8.03. The molecule has 1 aliphatic carbocycles. The standard InChI is InChI=1S/C60H54BN2O2S/c1-57(2,3)32-15-18-34(19-16-32)62-46-28-42-41-27-44-45(60(9,10)24-23-59(44,7)8)30-50(41)65-49(42)29-38(46)36-20-21-37-39-26-40-35-13-11-12-14-48(35)64-51(40)31-47(39)63-54(37)53(36)61-56-55(63)43-25-33(58(4,5)6)17-22-52(43)66-56/h11-22,25-31,62H,23-24H2,1-10H3. The van der Waals surface area contributed by atoms with Crippen molar-refractivity contribution in [3.63, 3.8) is 0 Å². The van der Waals surface area contributed by atoms with Crippen molar-refractivity contribution in [2.45, 2.75) is 104 Å². The number of thiophene rings is 1. The van der Waals surface area contributed by atoms with Gasteiger partial charge in [0.2, 0.25) is 7.28 Å². The highest BCUT2D eigenvalue weighted by Gasteiger charge is 2.38. The Morgan fingerprint density at radius 2 is 1.21 bits per heavy atom. The van der Waals surface area contributed by atoms with Gasteiger partial charge in [0, 0.05) is 70.9 Å². The first-order valence-electron chi connectivity index (χ1n) is 23.7. The second-order valence-electron chi connectivity index (χ2n) is 22.8. The second-order valence-corrected chi connectivity index (χ2v) is 23.8. The number of nitrogens with zero attached hydrogens (tertiary/aromatic N) is 1. The Bertz CT molecular complexity index is 3890. The van der Waals surface area contributed by atoms with E-state index in [1.54, 1.807) is 0 Å². The summed E-state index contributed by atoms with van der Waals surface area (Å²) >= 11 is 1.88. The van der Waals surface area contributed by atoms with Gasteiger partial charge in [-0.2, -0.15) is 0 Å². The highest BCUT2D eigenvalue weighted by molar-refractivity contribution is 7.29. The Hall–Kier alpha value is -6.24. The number of hydrogen-bond acceptors (Lipinski definition) is 4. The monoisotopic (exact) mass is 877 g/mol. The van der Waals surface area contributed by atoms with Crippen LogP contribution < -0.4 is 15.6 Å². The molecule has 7 aromatic carbocycles. The van der Waals surface area contributed by atoms with Gasteiger partial charge in [-0.3, -0.25) is 0 Å². The fourth-order valence-corrected chi connectivity index (χ4v) is 12.5. The van der Waals surface area contributed by atoms with Crippen LogP contribution in [-0.2, 0) is 21.7 Å². The van der Waals surface area contributed by atoms with Crippen molar-refractivity contribution >= 4 is 116 Å². The third kappa shape index (κ3) is 5.76. The molecule has 0 amide bonds. The first-order valence-corrected chi connectivity index (χ1v) is 24.5. The van der Waals surface area contributed by atoms with Crippen LogP contribution in [0.5, 0.6) is 0 Å². The van der Waals surface area contributed by atoms with Gasteiger partial charge < -0.3 is 18.7 Å². The van der Waals surface area contributed by atoms with E-state index in [-0.39, 0.29) is 21.7 Å². The summed E-state index contributed by atoms with van der Waals surface area (Å²) in [4.78, 5) is 0. The SMILES string of the molecule is CC(C)(C)c1ccc(Nc2cc3c(cc2-c2ccc4c5cc6c(cc5n5c4c2[B]c2sc4ccc(C(C)(C)C)cc4c2-5)oc2ccccc26)oc2cc4c(cc23)C(C)(C)CCC4(C)C)cc1. The summed E-state index contributed by atoms with van der Waals surface area (Å²) in [5, 5.41) is 12.3. The van der Waals surface area contributed by atoms with Gasteiger partial charge in [0.25, 0.3) is 0 Å². The van der Waals surface area contributed by atoms with E-state index in [1.165, 1.54) is 69.9 Å². The average molecular weight is 878 g/mol. The van der Waals surface area contributed by atoms with Crippen molar-refractivity contribution in [1.29, 1.82) is 0 Å². The third-order valence-electron chi connectivity index (χ3n) is 15.4. The van der Waals surface area contributed by atoms with Crippen LogP contribution in [0.25, 0.3) is 92.6 Å². The zero-order valence-corrected chi connectivity index (χ0v) is 40.4. The minimum absolute atomic E-state index is 0.0124. The molecule has 0 bridgehead atoms. The molecular weight excluding hydrogens is 824 g/mol. The lowest BCUT2D eigenvalue weighted by Crippen LogP contribution is -2.35. The number of benzene rings is 7. The van der Waals surface area contributed by atoms with Gasteiger partial charge in [0.05, 0.1) is 11.2 Å². The van der Waals surface area contributed by atoms with Crippen LogP contribution in [0, 0.1) is 0 Å². The second kappa shape index (κ2) is 13.2. The summed E-state index contributed by atoms with van der Waals surface area (Å²) in [7, 11) is 2.47. The van der Waals surface area contributed by atoms with E-state index < -0.39 is 0 Å². The van der Waals surface area contributed by atoms with E-state index in [2.05, 4.69) is 202 Å². The molecule has 4 nitrogen and oxygen atoms in total. The van der Waals surface area contributed by atoms with E-state index in [4.69, 9.17) is 8.83 Å². The first-order chi connectivity index (χ1) is 31.4. The lowest BCUT2D eigenvalue weighted by atomic mass is 9.63. The summed E-state index contributed by atoms with van der Waals surface area (Å²) in [6.07, 6.45) is 2.32. The molecule has 325 valence electrons. The van der Waals surface area contributed by atoms with Crippen LogP contribution in [0.4, 0.5) is 11.4 Å². The molecule has 11 aromatic rings. The third-order valence-corrected chi connectivity index (χ3v) is 16.5. The molecule has 6 heteroatoms. The Morgan fingerprint density at radius 1 is 0.561 bits per heavy atom. The number of para-hydroxylation sites is 1. The van der Waals surface area contributed by atoms with Crippen LogP contribution in [0.15, 0.2) is 124 Å². The van der Waals surface area contributed by atoms with Crippen LogP contribution in [0.1, 0.15) is 104 Å². The fourth-order valence-electron chi connectivity index (χ4n) is 11.4. The molecule has 1 radical (unpaired) electrons. The van der Waals surface area contributed by atoms with Crippen molar-refractivity contribution < 1.29 is 8.83 Å². The van der Waals surface area contributed by atoms with Gasteiger partial charge >= 0.3 is 0 Å². The molecule has 0 fully saturated rings. The minimum atomic E-state index is 0.0124. The van der Waals surface area contributed by atoms with E-state index in [0.29, 0.717) is 0 Å². The molecule has 1 N–H and O–H groups in total. The largest absolute Gasteiger partial charge is 0.456 e. The summed E-state index contributed by atoms with van der Waals surface area (Å²) in [6, 6.07) is 43.3. The lowest BCUT2D eigenvalue weighted by Gasteiger charge is -2.41. The highest BCUT2D eigenvalue weighted by Crippen LogP contribution is 2.50. The number of rotatable bonds is 3. The average Bonchev–Trinajstić information content (AvgIpc) is 4.02. The maximum Gasteiger partial charge on any atom is 0.211 e. The van der Waals surface area contributed by atoms with E-state index in [9.17, 15) is 0 Å². The number of nitrogens with one attached hydrogen (secondary N) is 1. The summed E-state index contributed by atoms with van der Waals surface area (Å²) in [5.41, 5.74) is 18.6. The summed E-state index contributed by atoms with van der Waals surface area (Å²) in [6.45, 7) is 23.3. The van der Waals surface area contributed by atoms with Crippen molar-refractivity contribution in [3.05, 3.63) is 138 Å². The normalized spacial score (nSPS) is 15.7. The number of furan rings is 2. The number of fused-ring (bicyclic) bond motifs is 14. The highest BCUT2D eigenvalue weighted by atomic mass is 32.1. The van der Waals surface area contributed by atoms with Gasteiger partial charge in [-0.05, 0) is 133 Å². The smallest absolute Gasteiger partial charge is 0.211 e. The van der Waals surface area contributed by atoms with Crippen molar-refractivity contribution in [2.24, 2.45) is 0 Å². The number of hydrogen-bond donors (Lipinski definition) is 1. The Balaban J connectivity index is 1.10. The molecule has 2 aliphatic rings. The van der Waals surface area contributed by atoms with Crippen LogP contribution in [0.3, 0.4) is 0 Å². The zero-order chi connectivity index (χ0) is 45.4. The van der Waals surface area contributed by atoms with Crippen molar-refractivity contribution in [2.75, 3.05) is 5.32 Å². The maximum absolute atomic E-state index is 7.00. The summed E-state index contributed by atoms with van der Waals surface area (Å²) < 4.78 is 18.7. The van der Waals surface area contributed by atoms with Crippen LogP contribution in [-0.4, -0.2) is 11.8 Å². The van der Waals surface area contributed by atoms with Crippen molar-refractivity contribution in [3.8, 4) is 16.8 Å². The van der Waals surface area contributed by atoms with E-state index in [1.807, 2.05) is 11.3 Å². The van der Waals surface area contributed by atoms with Gasteiger partial charge in [0.15, 0.2) is 0 Å². The molecule has 0 atom stereocenters.